The lowest BCUT2D eigenvalue weighted by Gasteiger charge is -2.26. The maximum absolute atomic E-state index is 13.1. The van der Waals surface area contributed by atoms with Crippen molar-refractivity contribution in [1.29, 1.82) is 0 Å². The number of halogens is 4. The van der Waals surface area contributed by atoms with Gasteiger partial charge in [0.15, 0.2) is 0 Å². The first-order valence-electron chi connectivity index (χ1n) is 10.1. The molecule has 2 aromatic carbocycles. The molecule has 0 radical (unpaired) electrons. The van der Waals surface area contributed by atoms with E-state index in [0.29, 0.717) is 24.3 Å². The summed E-state index contributed by atoms with van der Waals surface area (Å²) < 4.78 is 46.1. The van der Waals surface area contributed by atoms with E-state index >= 15 is 0 Å². The fourth-order valence-corrected chi connectivity index (χ4v) is 3.66. The molecule has 0 spiro atoms. The van der Waals surface area contributed by atoms with Crippen LogP contribution in [0.1, 0.15) is 27.8 Å². The lowest BCUT2D eigenvalue weighted by molar-refractivity contribution is -0.137. The van der Waals surface area contributed by atoms with Crippen molar-refractivity contribution < 1.29 is 22.7 Å². The minimum Gasteiger partial charge on any atom is -0.383 e. The van der Waals surface area contributed by atoms with E-state index in [0.717, 1.165) is 17.8 Å². The normalized spacial score (nSPS) is 12.5. The Bertz CT molecular complexity index is 1020. The SMILES string of the molecule is COCCN(Cc1cccn1Cc1cccc(C(F)(F)F)c1)C(=O)C(Cl)c1ccccc1. The second-order valence-corrected chi connectivity index (χ2v) is 7.79. The Kier molecular flexibility index (Phi) is 7.99. The summed E-state index contributed by atoms with van der Waals surface area (Å²) in [5, 5.41) is -0.847. The zero-order chi connectivity index (χ0) is 23.1. The Balaban J connectivity index is 1.78. The number of carbonyl (C=O) groups excluding carboxylic acids is 1. The number of methoxy groups -OCH3 is 1. The standard InChI is InChI=1S/C24H24ClF3N2O2/c1-32-14-13-30(23(31)22(25)19-8-3-2-4-9-19)17-21-11-6-12-29(21)16-18-7-5-10-20(15-18)24(26,27)28/h2-12,15,22H,13-14,16-17H2,1H3. The van der Waals surface area contributed by atoms with Crippen LogP contribution in [0.5, 0.6) is 0 Å². The number of carbonyl (C=O) groups is 1. The van der Waals surface area contributed by atoms with Gasteiger partial charge in [-0.1, -0.05) is 42.5 Å². The Morgan fingerprint density at radius 3 is 2.53 bits per heavy atom. The van der Waals surface area contributed by atoms with Gasteiger partial charge in [0.1, 0.15) is 5.38 Å². The van der Waals surface area contributed by atoms with Crippen molar-refractivity contribution in [3.05, 3.63) is 95.3 Å². The maximum Gasteiger partial charge on any atom is 0.416 e. The number of nitrogens with zero attached hydrogens (tertiary/aromatic N) is 2. The summed E-state index contributed by atoms with van der Waals surface area (Å²) >= 11 is 6.45. The topological polar surface area (TPSA) is 34.5 Å². The molecular formula is C24H24ClF3N2O2. The number of hydrogen-bond donors (Lipinski definition) is 0. The second kappa shape index (κ2) is 10.7. The van der Waals surface area contributed by atoms with Gasteiger partial charge in [0.05, 0.1) is 18.7 Å². The second-order valence-electron chi connectivity index (χ2n) is 7.35. The Labute approximate surface area is 190 Å². The first-order valence-corrected chi connectivity index (χ1v) is 10.5. The average molecular weight is 465 g/mol. The lowest BCUT2D eigenvalue weighted by atomic mass is 10.1. The van der Waals surface area contributed by atoms with E-state index in [4.69, 9.17) is 16.3 Å². The Hall–Kier alpha value is -2.77. The quantitative estimate of drug-likeness (QED) is 0.391. The van der Waals surface area contributed by atoms with Crippen LogP contribution in [0.25, 0.3) is 0 Å². The summed E-state index contributed by atoms with van der Waals surface area (Å²) in [6.45, 7) is 1.17. The average Bonchev–Trinajstić information content (AvgIpc) is 3.22. The van der Waals surface area contributed by atoms with Gasteiger partial charge in [-0.2, -0.15) is 13.2 Å². The minimum absolute atomic E-state index is 0.252. The van der Waals surface area contributed by atoms with Crippen LogP contribution in [0.3, 0.4) is 0 Å². The highest BCUT2D eigenvalue weighted by atomic mass is 35.5. The number of alkyl halides is 4. The molecule has 0 aliphatic carbocycles. The third-order valence-electron chi connectivity index (χ3n) is 5.07. The molecule has 1 aromatic heterocycles. The summed E-state index contributed by atoms with van der Waals surface area (Å²) in [6, 6.07) is 17.9. The molecule has 8 heteroatoms. The van der Waals surface area contributed by atoms with Crippen LogP contribution >= 0.6 is 11.6 Å². The molecule has 0 aliphatic heterocycles. The molecule has 1 amide bonds. The molecule has 0 N–H and O–H groups in total. The van der Waals surface area contributed by atoms with E-state index in [-0.39, 0.29) is 19.0 Å². The van der Waals surface area contributed by atoms with Crippen molar-refractivity contribution in [2.75, 3.05) is 20.3 Å². The number of benzene rings is 2. The molecular weight excluding hydrogens is 441 g/mol. The maximum atomic E-state index is 13.1. The number of hydrogen-bond acceptors (Lipinski definition) is 2. The first-order chi connectivity index (χ1) is 15.3. The molecule has 32 heavy (non-hydrogen) atoms. The molecule has 0 saturated heterocycles. The molecule has 3 aromatic rings. The van der Waals surface area contributed by atoms with Gasteiger partial charge < -0.3 is 14.2 Å². The van der Waals surface area contributed by atoms with E-state index in [9.17, 15) is 18.0 Å². The van der Waals surface area contributed by atoms with Gasteiger partial charge >= 0.3 is 6.18 Å². The molecule has 0 fully saturated rings. The Morgan fingerprint density at radius 1 is 1.09 bits per heavy atom. The highest BCUT2D eigenvalue weighted by Crippen LogP contribution is 2.30. The van der Waals surface area contributed by atoms with Crippen molar-refractivity contribution >= 4 is 17.5 Å². The molecule has 170 valence electrons. The summed E-state index contributed by atoms with van der Waals surface area (Å²) in [5.41, 5.74) is 1.31. The third kappa shape index (κ3) is 6.14. The van der Waals surface area contributed by atoms with E-state index in [1.807, 2.05) is 28.8 Å². The van der Waals surface area contributed by atoms with E-state index in [2.05, 4.69) is 0 Å². The van der Waals surface area contributed by atoms with Crippen molar-refractivity contribution in [3.63, 3.8) is 0 Å². The molecule has 0 saturated carbocycles. The largest absolute Gasteiger partial charge is 0.416 e. The zero-order valence-corrected chi connectivity index (χ0v) is 18.3. The van der Waals surface area contributed by atoms with Crippen LogP contribution in [0, 0.1) is 0 Å². The van der Waals surface area contributed by atoms with Crippen molar-refractivity contribution in [2.24, 2.45) is 0 Å². The van der Waals surface area contributed by atoms with Crippen molar-refractivity contribution in [1.82, 2.24) is 9.47 Å². The number of amides is 1. The highest BCUT2D eigenvalue weighted by Gasteiger charge is 2.30. The molecule has 1 unspecified atom stereocenters. The van der Waals surface area contributed by atoms with Crippen LogP contribution in [0.15, 0.2) is 72.9 Å². The van der Waals surface area contributed by atoms with Gasteiger partial charge in [-0.05, 0) is 35.4 Å². The highest BCUT2D eigenvalue weighted by molar-refractivity contribution is 6.30. The summed E-state index contributed by atoms with van der Waals surface area (Å²) in [4.78, 5) is 14.7. The van der Waals surface area contributed by atoms with E-state index < -0.39 is 17.1 Å². The third-order valence-corrected chi connectivity index (χ3v) is 5.51. The molecule has 1 atom stereocenters. The molecule has 4 nitrogen and oxygen atoms in total. The van der Waals surface area contributed by atoms with E-state index in [1.165, 1.54) is 6.07 Å². The predicted octanol–water partition coefficient (Wildman–Crippen LogP) is 5.51. The Morgan fingerprint density at radius 2 is 1.84 bits per heavy atom. The first kappa shape index (κ1) is 23.9. The van der Waals surface area contributed by atoms with E-state index in [1.54, 1.807) is 42.5 Å². The van der Waals surface area contributed by atoms with Gasteiger partial charge in [0.25, 0.3) is 0 Å². The van der Waals surface area contributed by atoms with Crippen LogP contribution in [0.4, 0.5) is 13.2 Å². The van der Waals surface area contributed by atoms with Crippen molar-refractivity contribution in [3.8, 4) is 0 Å². The smallest absolute Gasteiger partial charge is 0.383 e. The molecule has 1 heterocycles. The molecule has 0 bridgehead atoms. The van der Waals surface area contributed by atoms with Gasteiger partial charge in [0, 0.05) is 32.1 Å². The fourth-order valence-electron chi connectivity index (χ4n) is 3.38. The lowest BCUT2D eigenvalue weighted by Crippen LogP contribution is -2.36. The summed E-state index contributed by atoms with van der Waals surface area (Å²) in [7, 11) is 1.55. The van der Waals surface area contributed by atoms with Crippen LogP contribution in [0.2, 0.25) is 0 Å². The number of ether oxygens (including phenoxy) is 1. The zero-order valence-electron chi connectivity index (χ0n) is 17.6. The molecule has 3 rings (SSSR count). The van der Waals surface area contributed by atoms with Crippen molar-refractivity contribution in [2.45, 2.75) is 24.6 Å². The van der Waals surface area contributed by atoms with Gasteiger partial charge in [0.2, 0.25) is 5.91 Å². The molecule has 0 aliphatic rings. The van der Waals surface area contributed by atoms with Crippen LogP contribution < -0.4 is 0 Å². The monoisotopic (exact) mass is 464 g/mol. The van der Waals surface area contributed by atoms with Gasteiger partial charge in [-0.15, -0.1) is 11.6 Å². The van der Waals surface area contributed by atoms with Crippen LogP contribution in [-0.2, 0) is 28.8 Å². The predicted molar refractivity (Wildman–Crippen MR) is 117 cm³/mol. The number of aromatic nitrogens is 1. The fraction of sp³-hybridized carbons (Fsp3) is 0.292. The number of rotatable bonds is 9. The van der Waals surface area contributed by atoms with Crippen LogP contribution in [-0.4, -0.2) is 35.6 Å². The van der Waals surface area contributed by atoms with Gasteiger partial charge in [-0.3, -0.25) is 4.79 Å². The summed E-state index contributed by atoms with van der Waals surface area (Å²) in [6.07, 6.45) is -2.62. The van der Waals surface area contributed by atoms with Gasteiger partial charge in [-0.25, -0.2) is 0 Å². The minimum atomic E-state index is -4.40. The summed E-state index contributed by atoms with van der Waals surface area (Å²) in [5.74, 6) is -0.262.